The summed E-state index contributed by atoms with van der Waals surface area (Å²) in [5.74, 6) is 0.296. The third kappa shape index (κ3) is 10.3. The van der Waals surface area contributed by atoms with E-state index in [0.717, 1.165) is 60.1 Å². The molecular weight excluding hydrogens is 716 g/mol. The van der Waals surface area contributed by atoms with Gasteiger partial charge in [-0.15, -0.1) is 0 Å². The summed E-state index contributed by atoms with van der Waals surface area (Å²) in [7, 11) is -1.30. The number of aromatic nitrogens is 3. The number of nitrogens with one attached hydrogen (secondary N) is 1. The van der Waals surface area contributed by atoms with Gasteiger partial charge in [0.1, 0.15) is 36.2 Å². The Morgan fingerprint density at radius 3 is 2.24 bits per heavy atom. The summed E-state index contributed by atoms with van der Waals surface area (Å²) < 4.78 is 63.3. The van der Waals surface area contributed by atoms with Crippen molar-refractivity contribution in [1.29, 1.82) is 0 Å². The monoisotopic (exact) mass is 773 g/mol. The number of nitrogens with zero attached hydrogens (tertiary/aromatic N) is 6. The molecule has 6 rings (SSSR count). The van der Waals surface area contributed by atoms with Crippen molar-refractivity contribution in [3.05, 3.63) is 36.7 Å². The number of benzene rings is 1. The number of rotatable bonds is 11. The van der Waals surface area contributed by atoms with E-state index in [4.69, 9.17) is 14.2 Å². The molecule has 1 amide bonds. The molecule has 298 valence electrons. The lowest BCUT2D eigenvalue weighted by molar-refractivity contribution is -0.157. The van der Waals surface area contributed by atoms with Gasteiger partial charge in [0.25, 0.3) is 0 Å². The number of piperidine rings is 2. The third-order valence-corrected chi connectivity index (χ3v) is 12.4. The van der Waals surface area contributed by atoms with E-state index in [2.05, 4.69) is 50.8 Å². The standard InChI is InChI=1S/C39H58F3N7O4Si/c1-38(2,3)53-37(50)48-17-13-31(14-18-48)46-15-11-29(12-16-46)34(39(40,41)42)45-30-9-7-28(8-10-30)33-25-32-35(47-19-21-51-22-20-47)43-26-44-36(32)49(33)27-52-23-24-54(4,5)6/h7-10,25-26,29,31,34,45H,11-24,27H2,1-6H3. The van der Waals surface area contributed by atoms with Crippen LogP contribution in [0.25, 0.3) is 22.3 Å². The van der Waals surface area contributed by atoms with Crippen molar-refractivity contribution in [1.82, 2.24) is 24.3 Å². The van der Waals surface area contributed by atoms with E-state index < -0.39 is 31.8 Å². The normalized spacial score (nSPS) is 19.4. The number of hydrogen-bond donors (Lipinski definition) is 1. The Morgan fingerprint density at radius 2 is 1.63 bits per heavy atom. The van der Waals surface area contributed by atoms with Gasteiger partial charge in [-0.25, -0.2) is 14.8 Å². The van der Waals surface area contributed by atoms with Crippen molar-refractivity contribution in [3.63, 3.8) is 0 Å². The average molecular weight is 774 g/mol. The minimum Gasteiger partial charge on any atom is -0.444 e. The lowest BCUT2D eigenvalue weighted by atomic mass is 9.87. The van der Waals surface area contributed by atoms with Crippen molar-refractivity contribution >= 4 is 36.7 Å². The number of fused-ring (bicyclic) bond motifs is 1. The molecule has 2 aromatic heterocycles. The summed E-state index contributed by atoms with van der Waals surface area (Å²) in [6, 6.07) is 8.92. The summed E-state index contributed by atoms with van der Waals surface area (Å²) in [4.78, 5) is 28.1. The molecule has 1 atom stereocenters. The fraction of sp³-hybridized carbons (Fsp3) is 0.667. The number of ether oxygens (including phenoxy) is 3. The number of hydrogen-bond acceptors (Lipinski definition) is 9. The van der Waals surface area contributed by atoms with Gasteiger partial charge in [-0.05, 0) is 95.3 Å². The lowest BCUT2D eigenvalue weighted by Crippen LogP contribution is -2.52. The molecule has 3 saturated heterocycles. The fourth-order valence-electron chi connectivity index (χ4n) is 7.72. The first kappa shape index (κ1) is 40.3. The van der Waals surface area contributed by atoms with Gasteiger partial charge in [-0.2, -0.15) is 13.2 Å². The summed E-state index contributed by atoms with van der Waals surface area (Å²) in [6.45, 7) is 18.6. The first-order valence-corrected chi connectivity index (χ1v) is 23.2. The first-order chi connectivity index (χ1) is 25.6. The van der Waals surface area contributed by atoms with Gasteiger partial charge in [-0.1, -0.05) is 31.8 Å². The van der Waals surface area contributed by atoms with Gasteiger partial charge in [-0.3, -0.25) is 0 Å². The van der Waals surface area contributed by atoms with Crippen LogP contribution in [0.4, 0.5) is 29.5 Å². The molecule has 0 spiro atoms. The van der Waals surface area contributed by atoms with Crippen molar-refractivity contribution < 1.29 is 32.2 Å². The highest BCUT2D eigenvalue weighted by Crippen LogP contribution is 2.37. The third-order valence-electron chi connectivity index (χ3n) is 10.7. The Balaban J connectivity index is 1.13. The van der Waals surface area contributed by atoms with Crippen LogP contribution in [0.2, 0.25) is 25.7 Å². The van der Waals surface area contributed by atoms with Crippen molar-refractivity contribution in [2.45, 2.75) is 103 Å². The summed E-state index contributed by atoms with van der Waals surface area (Å²) in [6.07, 6.45) is -0.636. The smallest absolute Gasteiger partial charge is 0.410 e. The van der Waals surface area contributed by atoms with Crippen molar-refractivity contribution in [3.8, 4) is 11.3 Å². The second kappa shape index (κ2) is 16.8. The van der Waals surface area contributed by atoms with Gasteiger partial charge in [0.05, 0.1) is 24.3 Å². The topological polar surface area (TPSA) is 97.2 Å². The second-order valence-corrected chi connectivity index (χ2v) is 22.8. The minimum absolute atomic E-state index is 0.256. The molecule has 1 N–H and O–H groups in total. The summed E-state index contributed by atoms with van der Waals surface area (Å²) in [5.41, 5.74) is 2.37. The highest BCUT2D eigenvalue weighted by Gasteiger charge is 2.46. The molecule has 0 radical (unpaired) electrons. The van der Waals surface area contributed by atoms with Crippen LogP contribution in [-0.2, 0) is 20.9 Å². The molecule has 1 aromatic carbocycles. The Labute approximate surface area is 318 Å². The summed E-state index contributed by atoms with van der Waals surface area (Å²) >= 11 is 0. The quantitative estimate of drug-likeness (QED) is 0.155. The number of likely N-dealkylation sites (tertiary alicyclic amines) is 2. The Bertz CT molecular complexity index is 1690. The van der Waals surface area contributed by atoms with Crippen LogP contribution in [0, 0.1) is 5.92 Å². The van der Waals surface area contributed by atoms with Crippen molar-refractivity contribution in [2.24, 2.45) is 5.92 Å². The Kier molecular flexibility index (Phi) is 12.5. The predicted octanol–water partition coefficient (Wildman–Crippen LogP) is 7.70. The maximum atomic E-state index is 14.6. The molecule has 3 fully saturated rings. The molecule has 54 heavy (non-hydrogen) atoms. The summed E-state index contributed by atoms with van der Waals surface area (Å²) in [5, 5.41) is 3.78. The van der Waals surface area contributed by atoms with Gasteiger partial charge in [0, 0.05) is 52.6 Å². The maximum Gasteiger partial charge on any atom is 0.410 e. The largest absolute Gasteiger partial charge is 0.444 e. The number of alkyl halides is 3. The molecule has 3 aliphatic rings. The van der Waals surface area contributed by atoms with E-state index in [1.807, 2.05) is 37.5 Å². The van der Waals surface area contributed by atoms with Gasteiger partial charge < -0.3 is 38.8 Å². The molecule has 0 saturated carbocycles. The molecular formula is C39H58F3N7O4Si. The SMILES string of the molecule is CC(C)(C)OC(=O)N1CCC(N2CCC(C(Nc3ccc(-c4cc5c(N6CCOCC6)ncnc5n4COCC[Si](C)(C)C)cc3)C(F)(F)F)CC2)CC1. The van der Waals surface area contributed by atoms with Crippen LogP contribution in [0.5, 0.6) is 0 Å². The molecule has 1 unspecified atom stereocenters. The molecule has 3 aliphatic heterocycles. The number of halogens is 3. The number of morpholine rings is 1. The first-order valence-electron chi connectivity index (χ1n) is 19.5. The highest BCUT2D eigenvalue weighted by molar-refractivity contribution is 6.76. The van der Waals surface area contributed by atoms with Gasteiger partial charge in [0.15, 0.2) is 0 Å². The zero-order valence-electron chi connectivity index (χ0n) is 32.8. The van der Waals surface area contributed by atoms with E-state index >= 15 is 0 Å². The average Bonchev–Trinajstić information content (AvgIpc) is 3.50. The molecule has 11 nitrogen and oxygen atoms in total. The minimum atomic E-state index is -4.40. The van der Waals surface area contributed by atoms with E-state index in [-0.39, 0.29) is 12.1 Å². The van der Waals surface area contributed by atoms with E-state index in [0.29, 0.717) is 71.3 Å². The van der Waals surface area contributed by atoms with Gasteiger partial charge >= 0.3 is 12.3 Å². The zero-order chi connectivity index (χ0) is 38.7. The second-order valence-electron chi connectivity index (χ2n) is 17.2. The molecule has 0 aliphatic carbocycles. The molecule has 3 aromatic rings. The van der Waals surface area contributed by atoms with E-state index in [9.17, 15) is 18.0 Å². The Morgan fingerprint density at radius 1 is 0.963 bits per heavy atom. The molecule has 15 heteroatoms. The number of amides is 1. The Hall–Kier alpha value is -3.40. The van der Waals surface area contributed by atoms with Crippen LogP contribution < -0.4 is 10.2 Å². The van der Waals surface area contributed by atoms with Crippen LogP contribution in [0.15, 0.2) is 36.7 Å². The van der Waals surface area contributed by atoms with E-state index in [1.165, 1.54) is 0 Å². The fourth-order valence-corrected chi connectivity index (χ4v) is 8.48. The highest BCUT2D eigenvalue weighted by atomic mass is 28.3. The van der Waals surface area contributed by atoms with Crippen LogP contribution >= 0.6 is 0 Å². The zero-order valence-corrected chi connectivity index (χ0v) is 33.8. The van der Waals surface area contributed by atoms with Crippen LogP contribution in [-0.4, -0.2) is 121 Å². The van der Waals surface area contributed by atoms with Crippen molar-refractivity contribution in [2.75, 3.05) is 69.3 Å². The predicted molar refractivity (Wildman–Crippen MR) is 209 cm³/mol. The van der Waals surface area contributed by atoms with Crippen LogP contribution in [0.1, 0.15) is 46.5 Å². The number of carbonyl (C=O) groups excluding carboxylic acids is 1. The van der Waals surface area contributed by atoms with E-state index in [1.54, 1.807) is 23.4 Å². The maximum absolute atomic E-state index is 14.6. The molecule has 0 bridgehead atoms. The number of carbonyl (C=O) groups is 1. The lowest BCUT2D eigenvalue weighted by Gasteiger charge is -2.43. The number of anilines is 2. The van der Waals surface area contributed by atoms with Crippen LogP contribution in [0.3, 0.4) is 0 Å². The molecule has 5 heterocycles. The van der Waals surface area contributed by atoms with Gasteiger partial charge in [0.2, 0.25) is 0 Å².